The van der Waals surface area contributed by atoms with Gasteiger partial charge < -0.3 is 52.1 Å². The zero-order chi connectivity index (χ0) is 47.6. The Balaban J connectivity index is 1.09. The highest BCUT2D eigenvalue weighted by atomic mass is 16.8. The van der Waals surface area contributed by atoms with E-state index >= 15 is 0 Å². The molecular formula is C56H59N3O11. The van der Waals surface area contributed by atoms with Gasteiger partial charge in [-0.05, 0) is 33.3 Å². The SMILES string of the molecule is [N-]=[N+]=NCCO[C@@H]1O[C@H](COCc2ccccc2)[C@@H](O[C@@H]2O[C@@H]3COC(c4ccccc4)O[C@@H]3[C@H](OCc3ccccc3)[C@H]2OCc2ccccc2)[C@H](OCc2ccccc2)[C@H]1OCc1ccccc1. The number of azide groups is 1. The molecule has 6 aromatic carbocycles. The molecule has 6 aromatic rings. The molecule has 0 amide bonds. The lowest BCUT2D eigenvalue weighted by Crippen LogP contribution is -2.67. The standard InChI is InChI=1S/C56H59N3O11/c57-59-58-31-32-61-55-52(64-36-43-25-13-4-14-26-43)50(62-34-41-21-9-2-10-22-41)48(46(67-55)38-60-33-40-19-7-1-8-20-40)70-56-53(65-37-44-27-15-5-16-28-44)51(63-35-42-23-11-3-12-24-42)49-47(68-56)39-66-54(69-49)45-29-17-6-18-30-45/h1-30,46-56H,31-39H2/t46-,47-,48-,49+,50+,51+,52-,53-,54?,55-,56+/m1/s1. The molecule has 14 heteroatoms. The summed E-state index contributed by atoms with van der Waals surface area (Å²) in [7, 11) is 0. The van der Waals surface area contributed by atoms with Crippen molar-refractivity contribution < 1.29 is 52.1 Å². The van der Waals surface area contributed by atoms with Crippen molar-refractivity contribution in [3.8, 4) is 0 Å². The van der Waals surface area contributed by atoms with Crippen LogP contribution >= 0.6 is 0 Å². The van der Waals surface area contributed by atoms with Crippen LogP contribution in [0.15, 0.2) is 187 Å². The number of nitrogens with zero attached hydrogens (tertiary/aromatic N) is 3. The molecule has 3 fully saturated rings. The van der Waals surface area contributed by atoms with Gasteiger partial charge in [0.1, 0.15) is 48.8 Å². The maximum atomic E-state index is 9.13. The maximum absolute atomic E-state index is 9.13. The van der Waals surface area contributed by atoms with Crippen LogP contribution in [0.5, 0.6) is 0 Å². The number of benzene rings is 6. The van der Waals surface area contributed by atoms with Gasteiger partial charge in [-0.15, -0.1) is 0 Å². The van der Waals surface area contributed by atoms with E-state index < -0.39 is 67.7 Å². The van der Waals surface area contributed by atoms with E-state index in [0.717, 1.165) is 33.4 Å². The van der Waals surface area contributed by atoms with Gasteiger partial charge in [0.05, 0.1) is 52.9 Å². The maximum Gasteiger partial charge on any atom is 0.187 e. The normalized spacial score (nSPS) is 26.4. The average Bonchev–Trinajstić information content (AvgIpc) is 3.42. The van der Waals surface area contributed by atoms with Crippen molar-refractivity contribution in [3.05, 3.63) is 226 Å². The van der Waals surface area contributed by atoms with Crippen LogP contribution in [0.3, 0.4) is 0 Å². The van der Waals surface area contributed by atoms with Gasteiger partial charge in [-0.1, -0.05) is 187 Å². The van der Waals surface area contributed by atoms with Crippen molar-refractivity contribution in [2.75, 3.05) is 26.4 Å². The molecule has 0 bridgehead atoms. The smallest absolute Gasteiger partial charge is 0.187 e. The highest BCUT2D eigenvalue weighted by molar-refractivity contribution is 5.19. The molecule has 0 aliphatic carbocycles. The van der Waals surface area contributed by atoms with Crippen molar-refractivity contribution >= 4 is 0 Å². The molecule has 14 nitrogen and oxygen atoms in total. The number of fused-ring (bicyclic) bond motifs is 1. The minimum absolute atomic E-state index is 0.0586. The monoisotopic (exact) mass is 949 g/mol. The quantitative estimate of drug-likeness (QED) is 0.0261. The van der Waals surface area contributed by atoms with E-state index in [4.69, 9.17) is 57.6 Å². The molecule has 3 aliphatic rings. The van der Waals surface area contributed by atoms with E-state index in [9.17, 15) is 0 Å². The molecule has 0 aromatic heterocycles. The first-order valence-corrected chi connectivity index (χ1v) is 23.8. The van der Waals surface area contributed by atoms with Crippen LogP contribution in [0, 0.1) is 0 Å². The van der Waals surface area contributed by atoms with Crippen LogP contribution in [0.4, 0.5) is 0 Å². The van der Waals surface area contributed by atoms with E-state index in [1.54, 1.807) is 0 Å². The number of hydrogen-bond donors (Lipinski definition) is 0. The van der Waals surface area contributed by atoms with Gasteiger partial charge in [-0.2, -0.15) is 0 Å². The summed E-state index contributed by atoms with van der Waals surface area (Å²) in [6, 6.07) is 59.4. The van der Waals surface area contributed by atoms with Gasteiger partial charge in [-0.3, -0.25) is 0 Å². The Bertz CT molecular complexity index is 2460. The number of hydrogen-bond acceptors (Lipinski definition) is 12. The Kier molecular flexibility index (Phi) is 18.2. The molecule has 0 N–H and O–H groups in total. The summed E-state index contributed by atoms with van der Waals surface area (Å²) in [6.45, 7) is 1.59. The largest absolute Gasteiger partial charge is 0.374 e. The van der Waals surface area contributed by atoms with Gasteiger partial charge in [0, 0.05) is 17.0 Å². The minimum Gasteiger partial charge on any atom is -0.374 e. The Morgan fingerprint density at radius 3 is 1.44 bits per heavy atom. The summed E-state index contributed by atoms with van der Waals surface area (Å²) >= 11 is 0. The fraction of sp³-hybridized carbons (Fsp3) is 0.357. The van der Waals surface area contributed by atoms with Gasteiger partial charge in [0.2, 0.25) is 0 Å². The summed E-state index contributed by atoms with van der Waals surface area (Å²) in [5, 5.41) is 3.72. The van der Waals surface area contributed by atoms with Gasteiger partial charge in [0.25, 0.3) is 0 Å². The molecule has 70 heavy (non-hydrogen) atoms. The van der Waals surface area contributed by atoms with Gasteiger partial charge >= 0.3 is 0 Å². The van der Waals surface area contributed by atoms with Crippen molar-refractivity contribution in [1.82, 2.24) is 0 Å². The third kappa shape index (κ3) is 13.5. The first-order valence-electron chi connectivity index (χ1n) is 23.8. The van der Waals surface area contributed by atoms with Crippen molar-refractivity contribution in [2.24, 2.45) is 5.11 Å². The van der Waals surface area contributed by atoms with Crippen molar-refractivity contribution in [2.45, 2.75) is 101 Å². The van der Waals surface area contributed by atoms with Gasteiger partial charge in [-0.25, -0.2) is 0 Å². The molecule has 0 saturated carbocycles. The topological polar surface area (TPSA) is 150 Å². The third-order valence-electron chi connectivity index (χ3n) is 12.3. The second kappa shape index (κ2) is 25.9. The molecule has 364 valence electrons. The molecule has 3 heterocycles. The zero-order valence-electron chi connectivity index (χ0n) is 38.9. The predicted molar refractivity (Wildman–Crippen MR) is 258 cm³/mol. The highest BCUT2D eigenvalue weighted by Gasteiger charge is 2.56. The molecule has 3 saturated heterocycles. The second-order valence-electron chi connectivity index (χ2n) is 17.2. The Morgan fingerprint density at radius 1 is 0.471 bits per heavy atom. The number of ether oxygens (including phenoxy) is 11. The Labute approximate surface area is 408 Å². The van der Waals surface area contributed by atoms with Crippen LogP contribution in [-0.4, -0.2) is 87.8 Å². The summed E-state index contributed by atoms with van der Waals surface area (Å²) in [5.41, 5.74) is 14.8. The highest BCUT2D eigenvalue weighted by Crippen LogP contribution is 2.40. The molecule has 0 spiro atoms. The van der Waals surface area contributed by atoms with Crippen molar-refractivity contribution in [3.63, 3.8) is 0 Å². The van der Waals surface area contributed by atoms with Crippen LogP contribution < -0.4 is 0 Å². The lowest BCUT2D eigenvalue weighted by Gasteiger charge is -2.51. The lowest BCUT2D eigenvalue weighted by molar-refractivity contribution is -0.397. The molecular weight excluding hydrogens is 891 g/mol. The van der Waals surface area contributed by atoms with Crippen LogP contribution in [0.25, 0.3) is 10.4 Å². The summed E-state index contributed by atoms with van der Waals surface area (Å²) in [5.74, 6) is 0. The first kappa shape index (κ1) is 49.2. The molecule has 9 rings (SSSR count). The van der Waals surface area contributed by atoms with Crippen LogP contribution in [0.2, 0.25) is 0 Å². The first-order chi connectivity index (χ1) is 34.7. The summed E-state index contributed by atoms with van der Waals surface area (Å²) < 4.78 is 75.3. The van der Waals surface area contributed by atoms with E-state index in [2.05, 4.69) is 10.0 Å². The molecule has 11 atom stereocenters. The van der Waals surface area contributed by atoms with Crippen molar-refractivity contribution in [1.29, 1.82) is 0 Å². The van der Waals surface area contributed by atoms with Crippen LogP contribution in [-0.2, 0) is 85.1 Å². The van der Waals surface area contributed by atoms with E-state index in [1.807, 2.05) is 182 Å². The Morgan fingerprint density at radius 2 is 0.929 bits per heavy atom. The van der Waals surface area contributed by atoms with Gasteiger partial charge in [0.15, 0.2) is 18.9 Å². The lowest BCUT2D eigenvalue weighted by atomic mass is 9.95. The van der Waals surface area contributed by atoms with Crippen LogP contribution in [0.1, 0.15) is 39.7 Å². The summed E-state index contributed by atoms with van der Waals surface area (Å²) in [4.78, 5) is 2.93. The molecule has 3 aliphatic heterocycles. The fourth-order valence-corrected chi connectivity index (χ4v) is 8.82. The molecule has 0 radical (unpaired) electrons. The number of rotatable bonds is 23. The van der Waals surface area contributed by atoms with E-state index in [-0.39, 0.29) is 52.8 Å². The Hall–Kier alpha value is -5.81. The third-order valence-corrected chi connectivity index (χ3v) is 12.3. The molecule has 1 unspecified atom stereocenters. The average molecular weight is 950 g/mol. The minimum atomic E-state index is -1.09. The summed E-state index contributed by atoms with van der Waals surface area (Å²) in [6.07, 6.45) is -9.05. The van der Waals surface area contributed by atoms with E-state index in [1.165, 1.54) is 0 Å². The van der Waals surface area contributed by atoms with E-state index in [0.29, 0.717) is 6.61 Å². The fourth-order valence-electron chi connectivity index (χ4n) is 8.82. The second-order valence-corrected chi connectivity index (χ2v) is 17.2. The predicted octanol–water partition coefficient (Wildman–Crippen LogP) is 9.82. The zero-order valence-corrected chi connectivity index (χ0v) is 38.9.